The summed E-state index contributed by atoms with van der Waals surface area (Å²) in [5.41, 5.74) is 14.7. The number of imidazole rings is 1. The second-order valence-corrected chi connectivity index (χ2v) is 25.5. The largest absolute Gasteiger partial charge is 0.501 e. The maximum Gasteiger partial charge on any atom is 0.121 e. The van der Waals surface area contributed by atoms with Crippen LogP contribution in [0, 0.1) is 24.4 Å². The number of rotatable bonds is 9. The number of nitrogens with zero attached hydrogens (tertiary/aromatic N) is 3. The van der Waals surface area contributed by atoms with Crippen molar-refractivity contribution in [2.45, 2.75) is 93.2 Å². The molecule has 0 saturated carbocycles. The van der Waals surface area contributed by atoms with Crippen molar-refractivity contribution in [3.05, 3.63) is 192 Å². The smallest absolute Gasteiger partial charge is 0.121 e. The average molecular weight is 1100 g/mol. The van der Waals surface area contributed by atoms with Crippen LogP contribution in [0.15, 0.2) is 162 Å². The third kappa shape index (κ3) is 10.4. The van der Waals surface area contributed by atoms with Gasteiger partial charge < -0.3 is 14.0 Å². The standard InChI is InChI=1S/C43H35N2O.C20H28NSi.Ir/c1-27(2)36-24-32(30-16-9-6-10-17-30)25-37(28(3)4)41(36)45-39-21-12-11-20-38(39)44-43(45)35-19-13-18-34-33-23-22-31(26-40(33)46-42(34)35)29-14-7-5-8-15-29;1-15-8-10-16(11-9-15)18-12-17(13-20(2,3)4)19(14-21-18)22(5,6)7;/h5-18,20-28H,1-4H3;8-10,12,14H,13H2,1-7H3;/q2*-1;/i;1D3,13D2;. The van der Waals surface area contributed by atoms with Gasteiger partial charge in [0.15, 0.2) is 0 Å². The molecular weight excluding hydrogens is 1040 g/mol. The van der Waals surface area contributed by atoms with Crippen LogP contribution < -0.4 is 5.19 Å². The molecule has 4 nitrogen and oxygen atoms in total. The summed E-state index contributed by atoms with van der Waals surface area (Å²) in [5.74, 6) is 1.41. The van der Waals surface area contributed by atoms with Crippen molar-refractivity contribution in [2.24, 2.45) is 5.41 Å². The number of furan rings is 1. The Morgan fingerprint density at radius 2 is 1.36 bits per heavy atom. The Kier molecular flexibility index (Phi) is 12.5. The van der Waals surface area contributed by atoms with Gasteiger partial charge >= 0.3 is 0 Å². The van der Waals surface area contributed by atoms with Crippen LogP contribution in [-0.2, 0) is 26.5 Å². The Morgan fingerprint density at radius 1 is 0.710 bits per heavy atom. The normalized spacial score (nSPS) is 13.4. The number of hydrogen-bond acceptors (Lipinski definition) is 3. The molecule has 0 aliphatic rings. The van der Waals surface area contributed by atoms with Gasteiger partial charge in [0, 0.05) is 44.2 Å². The van der Waals surface area contributed by atoms with E-state index in [0.29, 0.717) is 16.8 Å². The van der Waals surface area contributed by atoms with Crippen LogP contribution in [0.2, 0.25) is 19.6 Å². The van der Waals surface area contributed by atoms with Crippen molar-refractivity contribution in [1.29, 1.82) is 0 Å². The molecule has 0 saturated heterocycles. The molecule has 69 heavy (non-hydrogen) atoms. The van der Waals surface area contributed by atoms with E-state index in [4.69, 9.17) is 16.3 Å². The van der Waals surface area contributed by atoms with Crippen LogP contribution in [0.3, 0.4) is 0 Å². The Balaban J connectivity index is 0.000000224. The van der Waals surface area contributed by atoms with Gasteiger partial charge in [0.1, 0.15) is 5.58 Å². The molecule has 3 heterocycles. The van der Waals surface area contributed by atoms with Gasteiger partial charge in [0.25, 0.3) is 0 Å². The van der Waals surface area contributed by atoms with Gasteiger partial charge in [-0.05, 0) is 98.2 Å². The molecule has 10 rings (SSSR count). The zero-order chi connectivity index (χ0) is 52.2. The zero-order valence-electron chi connectivity index (χ0n) is 46.2. The summed E-state index contributed by atoms with van der Waals surface area (Å²) in [6.45, 7) is 19.2. The number of aryl methyl sites for hydroxylation is 1. The molecule has 0 bridgehead atoms. The average Bonchev–Trinajstić information content (AvgIpc) is 3.94. The molecule has 0 atom stereocenters. The molecule has 0 N–H and O–H groups in total. The number of para-hydroxylation sites is 2. The van der Waals surface area contributed by atoms with E-state index in [9.17, 15) is 0 Å². The quantitative estimate of drug-likeness (QED) is 0.107. The minimum atomic E-state index is -2.17. The fourth-order valence-corrected chi connectivity index (χ4v) is 10.4. The SMILES string of the molecule is CC(C)c1cc(-c2ccccc2)cc(C(C)C)c1-n1c(-c2[c-]ccc3c2oc2cc(-c4ccccc4)ccc23)nc2ccccc21.[2H]C([2H])([2H])c1c[c-]c(-c2cc(C([2H])([2H])C(C)(C)C)c([Si](C)(C)C)cn2)cc1.[Ir]. The predicted octanol–water partition coefficient (Wildman–Crippen LogP) is 17.0. The number of pyridine rings is 1. The molecule has 1 radical (unpaired) electrons. The van der Waals surface area contributed by atoms with Crippen molar-refractivity contribution in [2.75, 3.05) is 0 Å². The van der Waals surface area contributed by atoms with Crippen LogP contribution in [0.25, 0.3) is 83.6 Å². The maximum absolute atomic E-state index is 8.79. The maximum atomic E-state index is 8.79. The minimum absolute atomic E-state index is 0. The van der Waals surface area contributed by atoms with Gasteiger partial charge in [-0.15, -0.1) is 53.6 Å². The molecule has 0 spiro atoms. The summed E-state index contributed by atoms with van der Waals surface area (Å²) in [5, 5.41) is 3.16. The van der Waals surface area contributed by atoms with Crippen molar-refractivity contribution >= 4 is 46.2 Å². The van der Waals surface area contributed by atoms with Crippen molar-refractivity contribution < 1.29 is 31.4 Å². The summed E-state index contributed by atoms with van der Waals surface area (Å²) in [4.78, 5) is 9.86. The Bertz CT molecular complexity index is 3580. The summed E-state index contributed by atoms with van der Waals surface area (Å²) in [6.07, 6.45) is 0.269. The predicted molar refractivity (Wildman–Crippen MR) is 291 cm³/mol. The molecular formula is C63H63IrN3OSi-2. The molecule has 6 heteroatoms. The fraction of sp³-hybridized carbons (Fsp3) is 0.238. The third-order valence-corrected chi connectivity index (χ3v) is 14.4. The van der Waals surface area contributed by atoms with Crippen molar-refractivity contribution in [3.63, 3.8) is 0 Å². The summed E-state index contributed by atoms with van der Waals surface area (Å²) in [6, 6.07) is 58.0. The zero-order valence-corrected chi connectivity index (χ0v) is 44.6. The van der Waals surface area contributed by atoms with E-state index in [1.54, 1.807) is 18.3 Å². The van der Waals surface area contributed by atoms with Crippen molar-refractivity contribution in [1.82, 2.24) is 14.5 Å². The first-order valence-corrected chi connectivity index (χ1v) is 27.2. The molecule has 0 amide bonds. The molecule has 10 aromatic rings. The summed E-state index contributed by atoms with van der Waals surface area (Å²) >= 11 is 0. The van der Waals surface area contributed by atoms with Crippen LogP contribution >= 0.6 is 0 Å². The van der Waals surface area contributed by atoms with Gasteiger partial charge in [-0.3, -0.25) is 4.98 Å². The van der Waals surface area contributed by atoms with E-state index >= 15 is 0 Å². The third-order valence-electron chi connectivity index (χ3n) is 12.4. The first-order chi connectivity index (χ1) is 34.5. The van der Waals surface area contributed by atoms with Crippen LogP contribution in [0.5, 0.6) is 0 Å². The number of hydrogen-bond donors (Lipinski definition) is 0. The number of aromatic nitrogens is 3. The van der Waals surface area contributed by atoms with Crippen LogP contribution in [-0.4, -0.2) is 22.6 Å². The second kappa shape index (κ2) is 20.0. The van der Waals surface area contributed by atoms with Gasteiger partial charge in [-0.1, -0.05) is 182 Å². The topological polar surface area (TPSA) is 43.9 Å². The number of benzene rings is 7. The molecule has 0 fully saturated rings. The van der Waals surface area contributed by atoms with Crippen LogP contribution in [0.1, 0.15) is 89.4 Å². The Labute approximate surface area is 431 Å². The molecule has 0 unspecified atom stereocenters. The van der Waals surface area contributed by atoms with Gasteiger partial charge in [0.05, 0.1) is 30.5 Å². The summed E-state index contributed by atoms with van der Waals surface area (Å²) in [7, 11) is -1.81. The van der Waals surface area contributed by atoms with E-state index in [0.717, 1.165) is 55.1 Å². The summed E-state index contributed by atoms with van der Waals surface area (Å²) < 4.78 is 49.1. The van der Waals surface area contributed by atoms with Gasteiger partial charge in [-0.2, -0.15) is 0 Å². The Hall–Kier alpha value is -6.17. The molecule has 0 aliphatic heterocycles. The fourth-order valence-electron chi connectivity index (χ4n) is 9.05. The molecule has 3 aromatic heterocycles. The van der Waals surface area contributed by atoms with E-state index in [2.05, 4.69) is 184 Å². The van der Waals surface area contributed by atoms with Gasteiger partial charge in [-0.25, -0.2) is 0 Å². The molecule has 351 valence electrons. The van der Waals surface area contributed by atoms with Crippen molar-refractivity contribution in [3.8, 4) is 50.6 Å². The monoisotopic (exact) mass is 1100 g/mol. The molecule has 0 aliphatic carbocycles. The number of fused-ring (bicyclic) bond motifs is 4. The Morgan fingerprint density at radius 3 is 1.97 bits per heavy atom. The van der Waals surface area contributed by atoms with E-state index in [-0.39, 0.29) is 37.5 Å². The second-order valence-electron chi connectivity index (χ2n) is 20.4. The first-order valence-electron chi connectivity index (χ1n) is 26.2. The van der Waals surface area contributed by atoms with E-state index in [1.807, 2.05) is 39.0 Å². The van der Waals surface area contributed by atoms with E-state index in [1.165, 1.54) is 39.6 Å². The van der Waals surface area contributed by atoms with Gasteiger partial charge in [0.2, 0.25) is 0 Å². The minimum Gasteiger partial charge on any atom is -0.501 e. The van der Waals surface area contributed by atoms with E-state index < -0.39 is 26.7 Å². The van der Waals surface area contributed by atoms with Crippen LogP contribution in [0.4, 0.5) is 0 Å². The first kappa shape index (κ1) is 42.9. The molecule has 7 aromatic carbocycles.